The van der Waals surface area contributed by atoms with E-state index in [1.54, 1.807) is 18.2 Å². The number of benzene rings is 3. The van der Waals surface area contributed by atoms with E-state index in [9.17, 15) is 14.9 Å². The summed E-state index contributed by atoms with van der Waals surface area (Å²) in [6.45, 7) is 2.61. The fourth-order valence-corrected chi connectivity index (χ4v) is 4.10. The van der Waals surface area contributed by atoms with Crippen molar-refractivity contribution in [1.29, 1.82) is 5.26 Å². The topological polar surface area (TPSA) is 109 Å². The molecule has 3 aromatic carbocycles. The fourth-order valence-electron chi connectivity index (χ4n) is 3.05. The van der Waals surface area contributed by atoms with Crippen molar-refractivity contribution in [3.8, 4) is 17.6 Å². The lowest BCUT2D eigenvalue weighted by molar-refractivity contribution is -0.112. The first-order valence-electron chi connectivity index (χ1n) is 10.4. The summed E-state index contributed by atoms with van der Waals surface area (Å²) in [4.78, 5) is 23.8. The van der Waals surface area contributed by atoms with Crippen LogP contribution < -0.4 is 14.8 Å². The van der Waals surface area contributed by atoms with Crippen LogP contribution in [0.1, 0.15) is 28.4 Å². The number of nitrogens with one attached hydrogen (secondary N) is 1. The molecule has 0 aliphatic heterocycles. The average Bonchev–Trinajstić information content (AvgIpc) is 2.83. The summed E-state index contributed by atoms with van der Waals surface area (Å²) in [5, 5.41) is 21.3. The molecule has 178 valence electrons. The van der Waals surface area contributed by atoms with Crippen LogP contribution in [0.15, 0.2) is 70.7 Å². The second-order valence-corrected chi connectivity index (χ2v) is 9.27. The van der Waals surface area contributed by atoms with Crippen molar-refractivity contribution in [2.45, 2.75) is 13.5 Å². The summed E-state index contributed by atoms with van der Waals surface area (Å²) in [5.41, 5.74) is 1.73. The number of carboxylic acids is 1. The standard InChI is InChI=1S/C26H20BrIN2O5/c1-2-34-23-12-17(11-22(28)24(23)35-15-16-6-8-20(27)9-7-16)10-19(14-29)25(31)30-21-5-3-4-18(13-21)26(32)33/h3-13H,2,15H2,1H3,(H,30,31)(H,32,33)/b19-10-. The van der Waals surface area contributed by atoms with Gasteiger partial charge >= 0.3 is 5.97 Å². The lowest BCUT2D eigenvalue weighted by Gasteiger charge is -2.15. The van der Waals surface area contributed by atoms with Gasteiger partial charge < -0.3 is 19.9 Å². The molecule has 0 saturated heterocycles. The number of ether oxygens (including phenoxy) is 2. The van der Waals surface area contributed by atoms with Crippen molar-refractivity contribution in [2.24, 2.45) is 0 Å². The molecule has 0 aliphatic rings. The summed E-state index contributed by atoms with van der Waals surface area (Å²) >= 11 is 5.54. The third kappa shape index (κ3) is 7.31. The summed E-state index contributed by atoms with van der Waals surface area (Å²) in [5.74, 6) is -0.702. The second-order valence-electron chi connectivity index (χ2n) is 7.19. The molecule has 1 amide bonds. The molecule has 3 aromatic rings. The van der Waals surface area contributed by atoms with Crippen molar-refractivity contribution in [3.63, 3.8) is 0 Å². The molecule has 0 radical (unpaired) electrons. The first-order valence-corrected chi connectivity index (χ1v) is 12.3. The van der Waals surface area contributed by atoms with Crippen molar-refractivity contribution in [1.82, 2.24) is 0 Å². The number of carbonyl (C=O) groups excluding carboxylic acids is 1. The Bertz CT molecular complexity index is 1320. The van der Waals surface area contributed by atoms with Gasteiger partial charge in [-0.05, 0) is 89.2 Å². The monoisotopic (exact) mass is 646 g/mol. The van der Waals surface area contributed by atoms with E-state index in [0.717, 1.165) is 13.6 Å². The Labute approximate surface area is 224 Å². The zero-order valence-electron chi connectivity index (χ0n) is 18.5. The van der Waals surface area contributed by atoms with Gasteiger partial charge in [0.1, 0.15) is 18.2 Å². The fraction of sp³-hybridized carbons (Fsp3) is 0.115. The number of aromatic carboxylic acids is 1. The van der Waals surface area contributed by atoms with Crippen molar-refractivity contribution in [3.05, 3.63) is 91.0 Å². The van der Waals surface area contributed by atoms with Gasteiger partial charge in [0.25, 0.3) is 5.91 Å². The van der Waals surface area contributed by atoms with Crippen molar-refractivity contribution < 1.29 is 24.2 Å². The zero-order chi connectivity index (χ0) is 25.4. The average molecular weight is 647 g/mol. The maximum absolute atomic E-state index is 12.7. The number of hydrogen-bond acceptors (Lipinski definition) is 5. The van der Waals surface area contributed by atoms with Gasteiger partial charge in [-0.1, -0.05) is 34.1 Å². The molecule has 3 rings (SSSR count). The number of nitriles is 1. The molecule has 0 fully saturated rings. The largest absolute Gasteiger partial charge is 0.490 e. The van der Waals surface area contributed by atoms with Crippen LogP contribution in [0.3, 0.4) is 0 Å². The first-order chi connectivity index (χ1) is 16.8. The normalized spacial score (nSPS) is 10.9. The van der Waals surface area contributed by atoms with E-state index in [4.69, 9.17) is 14.6 Å². The Hall–Kier alpha value is -3.36. The number of halogens is 2. The van der Waals surface area contributed by atoms with Gasteiger partial charge in [-0.15, -0.1) is 0 Å². The number of nitrogens with zero attached hydrogens (tertiary/aromatic N) is 1. The van der Waals surface area contributed by atoms with E-state index in [1.807, 2.05) is 37.3 Å². The maximum atomic E-state index is 12.7. The van der Waals surface area contributed by atoms with Gasteiger partial charge in [0.05, 0.1) is 15.7 Å². The van der Waals surface area contributed by atoms with Gasteiger partial charge in [0.2, 0.25) is 0 Å². The molecule has 9 heteroatoms. The van der Waals surface area contributed by atoms with Crippen LogP contribution >= 0.6 is 38.5 Å². The summed E-state index contributed by atoms with van der Waals surface area (Å²) in [6, 6.07) is 19.0. The van der Waals surface area contributed by atoms with E-state index < -0.39 is 11.9 Å². The number of rotatable bonds is 9. The molecule has 0 heterocycles. The predicted octanol–water partition coefficient (Wildman–Crippen LogP) is 6.28. The van der Waals surface area contributed by atoms with Gasteiger partial charge in [-0.25, -0.2) is 4.79 Å². The summed E-state index contributed by atoms with van der Waals surface area (Å²) in [7, 11) is 0. The smallest absolute Gasteiger partial charge is 0.335 e. The summed E-state index contributed by atoms with van der Waals surface area (Å²) < 4.78 is 13.5. The van der Waals surface area contributed by atoms with E-state index in [1.165, 1.54) is 24.3 Å². The number of anilines is 1. The van der Waals surface area contributed by atoms with Gasteiger partial charge in [-0.3, -0.25) is 4.79 Å². The minimum absolute atomic E-state index is 0.0277. The van der Waals surface area contributed by atoms with Crippen LogP contribution in [0.4, 0.5) is 5.69 Å². The van der Waals surface area contributed by atoms with Gasteiger partial charge in [0.15, 0.2) is 11.5 Å². The lowest BCUT2D eigenvalue weighted by Crippen LogP contribution is -2.14. The molecule has 0 aliphatic carbocycles. The minimum Gasteiger partial charge on any atom is -0.490 e. The molecular weight excluding hydrogens is 627 g/mol. The highest BCUT2D eigenvalue weighted by Gasteiger charge is 2.15. The maximum Gasteiger partial charge on any atom is 0.335 e. The highest BCUT2D eigenvalue weighted by atomic mass is 127. The molecule has 7 nitrogen and oxygen atoms in total. The molecular formula is C26H20BrIN2O5. The molecule has 0 aromatic heterocycles. The van der Waals surface area contributed by atoms with Crippen molar-refractivity contribution in [2.75, 3.05) is 11.9 Å². The van der Waals surface area contributed by atoms with Crippen LogP contribution in [0.25, 0.3) is 6.08 Å². The second kappa shape index (κ2) is 12.4. The van der Waals surface area contributed by atoms with Gasteiger partial charge in [-0.2, -0.15) is 5.26 Å². The van der Waals surface area contributed by atoms with E-state index >= 15 is 0 Å². The number of carbonyl (C=O) groups is 2. The first kappa shape index (κ1) is 26.2. The quantitative estimate of drug-likeness (QED) is 0.161. The zero-order valence-corrected chi connectivity index (χ0v) is 22.3. The molecule has 2 N–H and O–H groups in total. The predicted molar refractivity (Wildman–Crippen MR) is 144 cm³/mol. The minimum atomic E-state index is -1.11. The Balaban J connectivity index is 1.84. The third-order valence-electron chi connectivity index (χ3n) is 4.67. The van der Waals surface area contributed by atoms with Crippen LogP contribution in [-0.4, -0.2) is 23.6 Å². The Kier molecular flexibility index (Phi) is 9.28. The molecule has 0 saturated carbocycles. The Morgan fingerprint density at radius 2 is 1.89 bits per heavy atom. The lowest BCUT2D eigenvalue weighted by atomic mass is 10.1. The van der Waals surface area contributed by atoms with E-state index in [-0.39, 0.29) is 16.8 Å². The van der Waals surface area contributed by atoms with Crippen LogP contribution in [0.5, 0.6) is 11.5 Å². The molecule has 0 spiro atoms. The highest BCUT2D eigenvalue weighted by molar-refractivity contribution is 14.1. The van der Waals surface area contributed by atoms with E-state index in [0.29, 0.717) is 30.3 Å². The number of hydrogen-bond donors (Lipinski definition) is 2. The Morgan fingerprint density at radius 1 is 1.14 bits per heavy atom. The third-order valence-corrected chi connectivity index (χ3v) is 6.00. The summed E-state index contributed by atoms with van der Waals surface area (Å²) in [6.07, 6.45) is 1.44. The molecule has 0 unspecified atom stereocenters. The van der Waals surface area contributed by atoms with Gasteiger partial charge in [0, 0.05) is 10.2 Å². The van der Waals surface area contributed by atoms with Crippen molar-refractivity contribution >= 4 is 62.2 Å². The number of carboxylic acid groups (broad SMARTS) is 1. The number of amides is 1. The Morgan fingerprint density at radius 3 is 2.54 bits per heavy atom. The highest BCUT2D eigenvalue weighted by Crippen LogP contribution is 2.35. The van der Waals surface area contributed by atoms with E-state index in [2.05, 4.69) is 43.8 Å². The van der Waals surface area contributed by atoms with Crippen LogP contribution in [-0.2, 0) is 11.4 Å². The molecule has 35 heavy (non-hydrogen) atoms. The van der Waals surface area contributed by atoms with Crippen LogP contribution in [0, 0.1) is 14.9 Å². The van der Waals surface area contributed by atoms with Crippen LogP contribution in [0.2, 0.25) is 0 Å². The molecule has 0 atom stereocenters. The molecule has 0 bridgehead atoms. The SMILES string of the molecule is CCOc1cc(/C=C(/C#N)C(=O)Nc2cccc(C(=O)O)c2)cc(I)c1OCc1ccc(Br)cc1.